The van der Waals surface area contributed by atoms with Crippen LogP contribution in [0, 0.1) is 11.7 Å². The normalized spacial score (nSPS) is 11.0. The van der Waals surface area contributed by atoms with Gasteiger partial charge in [-0.1, -0.05) is 19.9 Å². The molecule has 0 spiro atoms. The Bertz CT molecular complexity index is 604. The maximum absolute atomic E-state index is 13.6. The molecule has 1 heterocycles. The van der Waals surface area contributed by atoms with Crippen molar-refractivity contribution in [1.29, 1.82) is 0 Å². The molecule has 0 saturated heterocycles. The van der Waals surface area contributed by atoms with Gasteiger partial charge in [0.1, 0.15) is 12.9 Å². The molecule has 0 fully saturated rings. The van der Waals surface area contributed by atoms with Crippen LogP contribution >= 0.6 is 0 Å². The second kappa shape index (κ2) is 6.69. The lowest BCUT2D eigenvalue weighted by atomic mass is 9.80. The van der Waals surface area contributed by atoms with Gasteiger partial charge < -0.3 is 14.8 Å². The third kappa shape index (κ3) is 4.02. The average molecular weight is 293 g/mol. The van der Waals surface area contributed by atoms with Crippen LogP contribution in [0.1, 0.15) is 19.7 Å². The van der Waals surface area contributed by atoms with Crippen LogP contribution in [0.5, 0.6) is 5.75 Å². The molecule has 8 heteroatoms. The van der Waals surface area contributed by atoms with E-state index in [4.69, 9.17) is 14.8 Å². The summed E-state index contributed by atoms with van der Waals surface area (Å²) < 4.78 is 20.7. The first-order valence-corrected chi connectivity index (χ1v) is 6.62. The lowest BCUT2D eigenvalue weighted by molar-refractivity contribution is 0.270. The number of rotatable bonds is 6. The second-order valence-corrected chi connectivity index (χ2v) is 5.10. The van der Waals surface area contributed by atoms with Crippen LogP contribution in [-0.2, 0) is 13.2 Å². The van der Waals surface area contributed by atoms with Crippen molar-refractivity contribution in [2.45, 2.75) is 27.0 Å². The largest absolute Gasteiger partial charge is 0.488 e. The topological polar surface area (TPSA) is 80.4 Å². The van der Waals surface area contributed by atoms with Gasteiger partial charge in [-0.15, -0.1) is 0 Å². The average Bonchev–Trinajstić information content (AvgIpc) is 2.84. The molecule has 2 rings (SSSR count). The van der Waals surface area contributed by atoms with E-state index < -0.39 is 12.9 Å². The van der Waals surface area contributed by atoms with Gasteiger partial charge in [0.2, 0.25) is 0 Å². The van der Waals surface area contributed by atoms with E-state index >= 15 is 0 Å². The third-order valence-electron chi connectivity index (χ3n) is 2.84. The van der Waals surface area contributed by atoms with Gasteiger partial charge in [0, 0.05) is 6.54 Å². The SMILES string of the molecule is CC(C)Cn1ncnc1COc1cc(B(O)O)ccc1F. The van der Waals surface area contributed by atoms with Crippen molar-refractivity contribution in [2.24, 2.45) is 5.92 Å². The Labute approximate surface area is 122 Å². The molecule has 2 aromatic rings. The molecular weight excluding hydrogens is 276 g/mol. The van der Waals surface area contributed by atoms with Crippen molar-refractivity contribution in [2.75, 3.05) is 0 Å². The van der Waals surface area contributed by atoms with Gasteiger partial charge in [0.25, 0.3) is 0 Å². The predicted octanol–water partition coefficient (Wildman–Crippen LogP) is 0.332. The molecule has 112 valence electrons. The fourth-order valence-corrected chi connectivity index (χ4v) is 1.83. The minimum atomic E-state index is -1.67. The lowest BCUT2D eigenvalue weighted by Crippen LogP contribution is -2.29. The van der Waals surface area contributed by atoms with Crippen LogP contribution < -0.4 is 10.2 Å². The van der Waals surface area contributed by atoms with E-state index in [1.54, 1.807) is 4.68 Å². The minimum Gasteiger partial charge on any atom is -0.483 e. The zero-order chi connectivity index (χ0) is 15.4. The number of hydrogen-bond acceptors (Lipinski definition) is 5. The molecule has 1 aromatic carbocycles. The second-order valence-electron chi connectivity index (χ2n) is 5.10. The molecule has 0 atom stereocenters. The summed E-state index contributed by atoms with van der Waals surface area (Å²) in [6, 6.07) is 3.67. The molecular formula is C13H17BFN3O3. The molecule has 0 saturated carbocycles. The van der Waals surface area contributed by atoms with Crippen molar-refractivity contribution in [1.82, 2.24) is 14.8 Å². The van der Waals surface area contributed by atoms with Gasteiger partial charge in [0.05, 0.1) is 0 Å². The van der Waals surface area contributed by atoms with Crippen LogP contribution in [-0.4, -0.2) is 31.9 Å². The highest BCUT2D eigenvalue weighted by atomic mass is 19.1. The zero-order valence-corrected chi connectivity index (χ0v) is 11.9. The van der Waals surface area contributed by atoms with E-state index in [2.05, 4.69) is 23.9 Å². The highest BCUT2D eigenvalue weighted by Crippen LogP contribution is 2.16. The summed E-state index contributed by atoms with van der Waals surface area (Å²) in [5, 5.41) is 22.3. The van der Waals surface area contributed by atoms with Crippen molar-refractivity contribution in [3.05, 3.63) is 36.2 Å². The molecule has 1 aromatic heterocycles. The van der Waals surface area contributed by atoms with E-state index in [0.29, 0.717) is 18.3 Å². The van der Waals surface area contributed by atoms with Gasteiger partial charge in [-0.2, -0.15) is 5.10 Å². The van der Waals surface area contributed by atoms with E-state index in [0.717, 1.165) is 6.07 Å². The van der Waals surface area contributed by atoms with E-state index in [9.17, 15) is 4.39 Å². The summed E-state index contributed by atoms with van der Waals surface area (Å²) in [7, 11) is -1.67. The molecule has 0 unspecified atom stereocenters. The monoisotopic (exact) mass is 293 g/mol. The summed E-state index contributed by atoms with van der Waals surface area (Å²) in [4.78, 5) is 4.08. The highest BCUT2D eigenvalue weighted by Gasteiger charge is 2.15. The highest BCUT2D eigenvalue weighted by molar-refractivity contribution is 6.58. The molecule has 6 nitrogen and oxygen atoms in total. The molecule has 0 amide bonds. The first kappa shape index (κ1) is 15.5. The molecule has 0 aliphatic heterocycles. The summed E-state index contributed by atoms with van der Waals surface area (Å²) in [6.07, 6.45) is 1.42. The van der Waals surface area contributed by atoms with E-state index in [1.165, 1.54) is 18.5 Å². The molecule has 0 aliphatic rings. The van der Waals surface area contributed by atoms with Gasteiger partial charge in [-0.25, -0.2) is 14.1 Å². The summed E-state index contributed by atoms with van der Waals surface area (Å²) >= 11 is 0. The van der Waals surface area contributed by atoms with Crippen LogP contribution in [0.15, 0.2) is 24.5 Å². The maximum atomic E-state index is 13.6. The summed E-state index contributed by atoms with van der Waals surface area (Å²) in [5.41, 5.74) is 0.162. The molecule has 0 aliphatic carbocycles. The van der Waals surface area contributed by atoms with Gasteiger partial charge in [0.15, 0.2) is 17.4 Å². The first-order valence-electron chi connectivity index (χ1n) is 6.62. The Balaban J connectivity index is 2.09. The number of benzene rings is 1. The third-order valence-corrected chi connectivity index (χ3v) is 2.84. The smallest absolute Gasteiger partial charge is 0.483 e. The number of halogens is 1. The number of hydrogen-bond donors (Lipinski definition) is 2. The van der Waals surface area contributed by atoms with Gasteiger partial charge in [-0.05, 0) is 23.5 Å². The van der Waals surface area contributed by atoms with Crippen molar-refractivity contribution in [3.63, 3.8) is 0 Å². The predicted molar refractivity (Wildman–Crippen MR) is 75.4 cm³/mol. The Morgan fingerprint density at radius 3 is 2.81 bits per heavy atom. The number of nitrogens with zero attached hydrogens (tertiary/aromatic N) is 3. The Morgan fingerprint density at radius 1 is 1.38 bits per heavy atom. The van der Waals surface area contributed by atoms with Gasteiger partial charge in [-0.3, -0.25) is 0 Å². The van der Waals surface area contributed by atoms with E-state index in [1.807, 2.05) is 0 Å². The van der Waals surface area contributed by atoms with Crippen molar-refractivity contribution in [3.8, 4) is 5.75 Å². The van der Waals surface area contributed by atoms with Gasteiger partial charge >= 0.3 is 7.12 Å². The fraction of sp³-hybridized carbons (Fsp3) is 0.385. The van der Waals surface area contributed by atoms with Crippen LogP contribution in [0.25, 0.3) is 0 Å². The molecule has 2 N–H and O–H groups in total. The Kier molecular flexibility index (Phi) is 4.92. The number of ether oxygens (including phenoxy) is 1. The fourth-order valence-electron chi connectivity index (χ4n) is 1.83. The van der Waals surface area contributed by atoms with Crippen LogP contribution in [0.3, 0.4) is 0 Å². The van der Waals surface area contributed by atoms with Crippen molar-refractivity contribution >= 4 is 12.6 Å². The maximum Gasteiger partial charge on any atom is 0.488 e. The summed E-state index contributed by atoms with van der Waals surface area (Å²) in [5.74, 6) is 0.349. The Hall–Kier alpha value is -1.93. The zero-order valence-electron chi connectivity index (χ0n) is 11.9. The standard InChI is InChI=1S/C13H17BFN3O3/c1-9(2)6-18-13(16-8-17-18)7-21-12-5-10(14(19)20)3-4-11(12)15/h3-5,8-9,19-20H,6-7H2,1-2H3. The molecule has 0 radical (unpaired) electrons. The number of aromatic nitrogens is 3. The first-order chi connectivity index (χ1) is 9.97. The van der Waals surface area contributed by atoms with E-state index in [-0.39, 0.29) is 17.8 Å². The molecule has 0 bridgehead atoms. The quantitative estimate of drug-likeness (QED) is 0.750. The minimum absolute atomic E-state index is 0.0502. The lowest BCUT2D eigenvalue weighted by Gasteiger charge is -2.11. The summed E-state index contributed by atoms with van der Waals surface area (Å²) in [6.45, 7) is 4.85. The molecule has 21 heavy (non-hydrogen) atoms. The van der Waals surface area contributed by atoms with Crippen LogP contribution in [0.4, 0.5) is 4.39 Å². The Morgan fingerprint density at radius 2 is 2.14 bits per heavy atom. The van der Waals surface area contributed by atoms with Crippen LogP contribution in [0.2, 0.25) is 0 Å². The van der Waals surface area contributed by atoms with Crippen molar-refractivity contribution < 1.29 is 19.2 Å².